The van der Waals surface area contributed by atoms with Gasteiger partial charge in [-0.2, -0.15) is 5.10 Å². The molecule has 27 heavy (non-hydrogen) atoms. The van der Waals surface area contributed by atoms with Crippen LogP contribution < -0.4 is 0 Å². The van der Waals surface area contributed by atoms with Gasteiger partial charge in [0.25, 0.3) is 0 Å². The third kappa shape index (κ3) is 3.46. The molecule has 4 rings (SSSR count). The predicted octanol–water partition coefficient (Wildman–Crippen LogP) is 2.23. The number of amides is 1. The number of nitrogens with one attached hydrogen (secondary N) is 1. The Balaban J connectivity index is 1.70. The molecule has 1 aliphatic rings. The summed E-state index contributed by atoms with van der Waals surface area (Å²) in [6, 6.07) is 11.9. The molecule has 0 radical (unpaired) electrons. The van der Waals surface area contributed by atoms with Crippen LogP contribution in [0.4, 0.5) is 0 Å². The molecule has 1 amide bonds. The molecule has 0 bridgehead atoms. The van der Waals surface area contributed by atoms with Crippen LogP contribution in [0.3, 0.4) is 0 Å². The van der Waals surface area contributed by atoms with Crippen LogP contribution in [0, 0.1) is 0 Å². The number of rotatable bonds is 4. The quantitative estimate of drug-likeness (QED) is 0.741. The molecule has 3 aromatic rings. The van der Waals surface area contributed by atoms with Crippen LogP contribution in [0.25, 0.3) is 22.5 Å². The summed E-state index contributed by atoms with van der Waals surface area (Å²) in [6.45, 7) is 0.832. The van der Waals surface area contributed by atoms with Gasteiger partial charge in [0.1, 0.15) is 18.6 Å². The molecule has 2 aromatic heterocycles. The number of carbonyl (C=O) groups is 1. The van der Waals surface area contributed by atoms with Crippen molar-refractivity contribution < 1.29 is 9.90 Å². The van der Waals surface area contributed by atoms with E-state index in [0.29, 0.717) is 13.1 Å². The molecular weight excluding hydrogens is 342 g/mol. The number of hydrogen-bond donors (Lipinski definition) is 2. The molecule has 0 aliphatic carbocycles. The summed E-state index contributed by atoms with van der Waals surface area (Å²) in [4.78, 5) is 21.9. The van der Waals surface area contributed by atoms with Crippen molar-refractivity contribution in [3.8, 4) is 22.5 Å². The van der Waals surface area contributed by atoms with Crippen LogP contribution in [0.2, 0.25) is 0 Å². The Labute approximate surface area is 157 Å². The third-order valence-electron chi connectivity index (χ3n) is 5.07. The van der Waals surface area contributed by atoms with E-state index in [0.717, 1.165) is 41.1 Å². The SMILES string of the molecule is O=C(CO)N1CCC(c2[nH]nc(-c3ccccc3)c2-c2ccncn2)CC1. The summed E-state index contributed by atoms with van der Waals surface area (Å²) < 4.78 is 0. The topological polar surface area (TPSA) is 95.0 Å². The standard InChI is InChI=1S/C20H21N5O2/c26-12-17(27)25-10-7-15(8-11-25)20-18(16-6-9-21-13-22-16)19(23-24-20)14-4-2-1-3-5-14/h1-6,9,13,15,26H,7-8,10-12H2,(H,23,24). The summed E-state index contributed by atoms with van der Waals surface area (Å²) in [7, 11) is 0. The first-order chi connectivity index (χ1) is 13.3. The number of aromatic amines is 1. The molecule has 138 valence electrons. The van der Waals surface area contributed by atoms with Crippen LogP contribution in [-0.2, 0) is 4.79 Å². The smallest absolute Gasteiger partial charge is 0.248 e. The second-order valence-corrected chi connectivity index (χ2v) is 6.63. The lowest BCUT2D eigenvalue weighted by atomic mass is 9.89. The van der Waals surface area contributed by atoms with Crippen molar-refractivity contribution in [2.24, 2.45) is 0 Å². The Morgan fingerprint density at radius 3 is 2.63 bits per heavy atom. The maximum atomic E-state index is 11.7. The lowest BCUT2D eigenvalue weighted by molar-refractivity contribution is -0.135. The number of aliphatic hydroxyl groups is 1. The van der Waals surface area contributed by atoms with Gasteiger partial charge in [0.2, 0.25) is 5.91 Å². The number of aliphatic hydroxyl groups excluding tert-OH is 1. The first kappa shape index (κ1) is 17.4. The van der Waals surface area contributed by atoms with Crippen LogP contribution in [0.15, 0.2) is 48.9 Å². The summed E-state index contributed by atoms with van der Waals surface area (Å²) in [5.74, 6) is 0.0433. The third-order valence-corrected chi connectivity index (χ3v) is 5.07. The van der Waals surface area contributed by atoms with Crippen molar-refractivity contribution in [3.63, 3.8) is 0 Å². The molecule has 2 N–H and O–H groups in total. The Bertz CT molecular complexity index is 903. The van der Waals surface area contributed by atoms with E-state index in [1.807, 2.05) is 36.4 Å². The molecule has 7 heteroatoms. The first-order valence-electron chi connectivity index (χ1n) is 9.06. The average Bonchev–Trinajstić information content (AvgIpc) is 3.19. The number of H-pyrrole nitrogens is 1. The van der Waals surface area contributed by atoms with Gasteiger partial charge in [0.05, 0.1) is 5.69 Å². The molecule has 0 spiro atoms. The number of hydrogen-bond acceptors (Lipinski definition) is 5. The minimum atomic E-state index is -0.431. The number of benzene rings is 1. The van der Waals surface area contributed by atoms with Gasteiger partial charge in [-0.15, -0.1) is 0 Å². The van der Waals surface area contributed by atoms with E-state index >= 15 is 0 Å². The Morgan fingerprint density at radius 2 is 1.96 bits per heavy atom. The highest BCUT2D eigenvalue weighted by Gasteiger charge is 2.28. The van der Waals surface area contributed by atoms with E-state index in [-0.39, 0.29) is 11.8 Å². The van der Waals surface area contributed by atoms with Gasteiger partial charge in [-0.25, -0.2) is 9.97 Å². The number of likely N-dealkylation sites (tertiary alicyclic amines) is 1. The van der Waals surface area contributed by atoms with Crippen LogP contribution in [-0.4, -0.2) is 55.8 Å². The fourth-order valence-corrected chi connectivity index (χ4v) is 3.67. The maximum Gasteiger partial charge on any atom is 0.248 e. The van der Waals surface area contributed by atoms with Crippen molar-refractivity contribution in [3.05, 3.63) is 54.6 Å². The number of aromatic nitrogens is 4. The largest absolute Gasteiger partial charge is 0.387 e. The van der Waals surface area contributed by atoms with Gasteiger partial charge in [0.15, 0.2) is 0 Å². The number of piperidine rings is 1. The van der Waals surface area contributed by atoms with Crippen LogP contribution in [0.5, 0.6) is 0 Å². The fourth-order valence-electron chi connectivity index (χ4n) is 3.67. The van der Waals surface area contributed by atoms with E-state index in [2.05, 4.69) is 20.2 Å². The molecule has 0 unspecified atom stereocenters. The van der Waals surface area contributed by atoms with E-state index < -0.39 is 6.61 Å². The van der Waals surface area contributed by atoms with Gasteiger partial charge in [-0.1, -0.05) is 30.3 Å². The maximum absolute atomic E-state index is 11.7. The summed E-state index contributed by atoms with van der Waals surface area (Å²) in [5, 5.41) is 16.9. The van der Waals surface area contributed by atoms with Crippen molar-refractivity contribution in [2.45, 2.75) is 18.8 Å². The molecule has 1 aliphatic heterocycles. The van der Waals surface area contributed by atoms with Crippen molar-refractivity contribution in [2.75, 3.05) is 19.7 Å². The Morgan fingerprint density at radius 1 is 1.19 bits per heavy atom. The minimum Gasteiger partial charge on any atom is -0.387 e. The molecule has 0 saturated carbocycles. The monoisotopic (exact) mass is 363 g/mol. The zero-order chi connectivity index (χ0) is 18.6. The second kappa shape index (κ2) is 7.67. The molecule has 1 aromatic carbocycles. The Kier molecular flexibility index (Phi) is 4.93. The van der Waals surface area contributed by atoms with Crippen molar-refractivity contribution >= 4 is 5.91 Å². The fraction of sp³-hybridized carbons (Fsp3) is 0.300. The van der Waals surface area contributed by atoms with Gasteiger partial charge in [0, 0.05) is 42.0 Å². The van der Waals surface area contributed by atoms with Crippen molar-refractivity contribution in [1.82, 2.24) is 25.1 Å². The van der Waals surface area contributed by atoms with E-state index in [1.165, 1.54) is 0 Å². The highest BCUT2D eigenvalue weighted by atomic mass is 16.3. The zero-order valence-corrected chi connectivity index (χ0v) is 14.9. The lowest BCUT2D eigenvalue weighted by Gasteiger charge is -2.31. The molecule has 1 saturated heterocycles. The second-order valence-electron chi connectivity index (χ2n) is 6.63. The van der Waals surface area contributed by atoms with E-state index in [1.54, 1.807) is 17.4 Å². The Hall–Kier alpha value is -3.06. The predicted molar refractivity (Wildman–Crippen MR) is 101 cm³/mol. The van der Waals surface area contributed by atoms with Crippen molar-refractivity contribution in [1.29, 1.82) is 0 Å². The molecular formula is C20H21N5O2. The minimum absolute atomic E-state index is 0.209. The van der Waals surface area contributed by atoms with Crippen LogP contribution in [0.1, 0.15) is 24.5 Å². The van der Waals surface area contributed by atoms with Gasteiger partial charge in [-0.05, 0) is 18.9 Å². The van der Waals surface area contributed by atoms with Gasteiger partial charge < -0.3 is 10.0 Å². The molecule has 1 fully saturated rings. The zero-order valence-electron chi connectivity index (χ0n) is 14.9. The molecule has 0 atom stereocenters. The van der Waals surface area contributed by atoms with E-state index in [4.69, 9.17) is 5.11 Å². The normalized spacial score (nSPS) is 15.1. The molecule has 3 heterocycles. The van der Waals surface area contributed by atoms with Crippen LogP contribution >= 0.6 is 0 Å². The highest BCUT2D eigenvalue weighted by molar-refractivity contribution is 5.81. The number of carbonyl (C=O) groups excluding carboxylic acids is 1. The van der Waals surface area contributed by atoms with Gasteiger partial charge in [-0.3, -0.25) is 9.89 Å². The highest BCUT2D eigenvalue weighted by Crippen LogP contribution is 2.38. The summed E-state index contributed by atoms with van der Waals surface area (Å²) >= 11 is 0. The summed E-state index contributed by atoms with van der Waals surface area (Å²) in [6.07, 6.45) is 4.92. The summed E-state index contributed by atoms with van der Waals surface area (Å²) in [5.41, 5.74) is 4.78. The average molecular weight is 363 g/mol. The lowest BCUT2D eigenvalue weighted by Crippen LogP contribution is -2.39. The van der Waals surface area contributed by atoms with E-state index in [9.17, 15) is 4.79 Å². The van der Waals surface area contributed by atoms with Gasteiger partial charge >= 0.3 is 0 Å². The number of nitrogens with zero attached hydrogens (tertiary/aromatic N) is 4. The first-order valence-corrected chi connectivity index (χ1v) is 9.06. The molecule has 7 nitrogen and oxygen atoms in total.